The monoisotopic (exact) mass is 220 g/mol. The number of nitrogens with one attached hydrogen (secondary N) is 1. The van der Waals surface area contributed by atoms with Crippen molar-refractivity contribution in [1.82, 2.24) is 15.5 Å². The van der Waals surface area contributed by atoms with Gasteiger partial charge in [-0.05, 0) is 23.6 Å². The minimum Gasteiger partial charge on any atom is -0.398 e. The second kappa shape index (κ2) is 4.86. The number of anilines is 1. The smallest absolute Gasteiger partial charge is 0.0769 e. The van der Waals surface area contributed by atoms with Gasteiger partial charge in [0.25, 0.3) is 0 Å². The van der Waals surface area contributed by atoms with Crippen molar-refractivity contribution in [2.24, 2.45) is 0 Å². The molecule has 0 aliphatic carbocycles. The van der Waals surface area contributed by atoms with E-state index in [0.717, 1.165) is 17.9 Å². The Bertz CT molecular complexity index is 412. The first kappa shape index (κ1) is 10.1. The lowest BCUT2D eigenvalue weighted by Gasteiger charge is -2.02. The molecule has 4 nitrogen and oxygen atoms in total. The summed E-state index contributed by atoms with van der Waals surface area (Å²) in [6.07, 6.45) is 1.67. The molecule has 0 bridgehead atoms. The first-order valence-electron chi connectivity index (χ1n) is 4.65. The Kier molecular flexibility index (Phi) is 3.26. The van der Waals surface area contributed by atoms with E-state index >= 15 is 0 Å². The van der Waals surface area contributed by atoms with Crippen LogP contribution in [-0.2, 0) is 13.1 Å². The maximum Gasteiger partial charge on any atom is 0.0769 e. The number of thiophene rings is 1. The molecule has 0 aromatic carbocycles. The van der Waals surface area contributed by atoms with E-state index in [4.69, 9.17) is 5.73 Å². The summed E-state index contributed by atoms with van der Waals surface area (Å²) in [5, 5.41) is 13.1. The molecular weight excluding hydrogens is 208 g/mol. The van der Waals surface area contributed by atoms with Crippen LogP contribution in [0.25, 0.3) is 0 Å². The van der Waals surface area contributed by atoms with Crippen LogP contribution < -0.4 is 11.1 Å². The fraction of sp³-hybridized carbons (Fsp3) is 0.200. The molecule has 2 aromatic heterocycles. The molecule has 0 unspecified atom stereocenters. The fourth-order valence-corrected chi connectivity index (χ4v) is 1.99. The summed E-state index contributed by atoms with van der Waals surface area (Å²) < 4.78 is 0. The Morgan fingerprint density at radius 3 is 2.93 bits per heavy atom. The third-order valence-electron chi connectivity index (χ3n) is 2.00. The van der Waals surface area contributed by atoms with Gasteiger partial charge in [-0.1, -0.05) is 0 Å². The van der Waals surface area contributed by atoms with Gasteiger partial charge < -0.3 is 11.1 Å². The van der Waals surface area contributed by atoms with Crippen LogP contribution in [0.5, 0.6) is 0 Å². The highest BCUT2D eigenvalue weighted by Crippen LogP contribution is 2.18. The molecule has 0 spiro atoms. The maximum absolute atomic E-state index is 5.76. The lowest BCUT2D eigenvalue weighted by Crippen LogP contribution is -2.13. The van der Waals surface area contributed by atoms with Crippen LogP contribution in [0.3, 0.4) is 0 Å². The molecule has 2 heterocycles. The lowest BCUT2D eigenvalue weighted by molar-refractivity contribution is 0.677. The van der Waals surface area contributed by atoms with Gasteiger partial charge in [-0.15, -0.1) is 11.3 Å². The average Bonchev–Trinajstić information content (AvgIpc) is 2.66. The predicted octanol–water partition coefficient (Wildman–Crippen LogP) is 1.41. The van der Waals surface area contributed by atoms with E-state index < -0.39 is 0 Å². The van der Waals surface area contributed by atoms with Crippen molar-refractivity contribution in [3.8, 4) is 0 Å². The van der Waals surface area contributed by atoms with Crippen molar-refractivity contribution in [3.63, 3.8) is 0 Å². The Hall–Kier alpha value is -1.46. The van der Waals surface area contributed by atoms with Gasteiger partial charge in [0.2, 0.25) is 0 Å². The van der Waals surface area contributed by atoms with E-state index in [1.807, 2.05) is 23.6 Å². The van der Waals surface area contributed by atoms with E-state index in [-0.39, 0.29) is 0 Å². The molecule has 78 valence electrons. The summed E-state index contributed by atoms with van der Waals surface area (Å²) in [6.45, 7) is 1.49. The minimum absolute atomic E-state index is 0.713. The highest BCUT2D eigenvalue weighted by atomic mass is 32.1. The maximum atomic E-state index is 5.76. The van der Waals surface area contributed by atoms with Crippen LogP contribution in [-0.4, -0.2) is 10.2 Å². The highest BCUT2D eigenvalue weighted by molar-refractivity contribution is 7.10. The molecule has 0 saturated heterocycles. The third kappa shape index (κ3) is 2.74. The second-order valence-electron chi connectivity index (χ2n) is 3.12. The van der Waals surface area contributed by atoms with Gasteiger partial charge in [0.15, 0.2) is 0 Å². The first-order chi connectivity index (χ1) is 7.36. The molecule has 0 fully saturated rings. The molecule has 0 aliphatic rings. The van der Waals surface area contributed by atoms with Crippen LogP contribution >= 0.6 is 11.3 Å². The molecule has 5 heteroatoms. The summed E-state index contributed by atoms with van der Waals surface area (Å²) in [5.74, 6) is 0. The fourth-order valence-electron chi connectivity index (χ4n) is 1.23. The Morgan fingerprint density at radius 1 is 1.33 bits per heavy atom. The number of hydrogen-bond acceptors (Lipinski definition) is 5. The van der Waals surface area contributed by atoms with Crippen molar-refractivity contribution in [2.45, 2.75) is 13.1 Å². The molecule has 15 heavy (non-hydrogen) atoms. The van der Waals surface area contributed by atoms with Gasteiger partial charge in [-0.2, -0.15) is 10.2 Å². The van der Waals surface area contributed by atoms with Crippen molar-refractivity contribution in [2.75, 3.05) is 5.73 Å². The largest absolute Gasteiger partial charge is 0.398 e. The molecule has 2 rings (SSSR count). The van der Waals surface area contributed by atoms with Crippen LogP contribution in [0, 0.1) is 0 Å². The number of nitrogens with two attached hydrogens (primary N) is 1. The molecule has 2 aromatic rings. The third-order valence-corrected chi connectivity index (χ3v) is 2.94. The molecule has 0 radical (unpaired) electrons. The van der Waals surface area contributed by atoms with E-state index in [0.29, 0.717) is 6.54 Å². The van der Waals surface area contributed by atoms with Gasteiger partial charge in [0.1, 0.15) is 0 Å². The summed E-state index contributed by atoms with van der Waals surface area (Å²) in [4.78, 5) is 1.17. The summed E-state index contributed by atoms with van der Waals surface area (Å²) in [5.41, 5.74) is 7.55. The molecule has 3 N–H and O–H groups in total. The van der Waals surface area contributed by atoms with E-state index in [1.165, 1.54) is 4.88 Å². The number of hydrogen-bond donors (Lipinski definition) is 2. The quantitative estimate of drug-likeness (QED) is 0.817. The average molecular weight is 220 g/mol. The minimum atomic E-state index is 0.713. The normalized spacial score (nSPS) is 10.4. The highest BCUT2D eigenvalue weighted by Gasteiger charge is 2.00. The molecule has 0 amide bonds. The standard InChI is InChI=1S/C10H12N4S/c11-9-3-5-15-10(9)7-12-6-8-2-1-4-13-14-8/h1-5,12H,6-7,11H2. The number of rotatable bonds is 4. The zero-order chi connectivity index (χ0) is 10.5. The zero-order valence-corrected chi connectivity index (χ0v) is 9.00. The Morgan fingerprint density at radius 2 is 2.27 bits per heavy atom. The zero-order valence-electron chi connectivity index (χ0n) is 8.18. The SMILES string of the molecule is Nc1ccsc1CNCc1cccnn1. The van der Waals surface area contributed by atoms with Crippen LogP contribution in [0.1, 0.15) is 10.6 Å². The van der Waals surface area contributed by atoms with Crippen LogP contribution in [0.2, 0.25) is 0 Å². The molecule has 0 aliphatic heterocycles. The van der Waals surface area contributed by atoms with Gasteiger partial charge >= 0.3 is 0 Å². The van der Waals surface area contributed by atoms with Crippen molar-refractivity contribution in [3.05, 3.63) is 40.3 Å². The van der Waals surface area contributed by atoms with Crippen molar-refractivity contribution < 1.29 is 0 Å². The lowest BCUT2D eigenvalue weighted by atomic mass is 10.3. The molecule has 0 atom stereocenters. The van der Waals surface area contributed by atoms with Gasteiger partial charge in [0, 0.05) is 29.9 Å². The van der Waals surface area contributed by atoms with Gasteiger partial charge in [0.05, 0.1) is 5.69 Å². The molecule has 0 saturated carbocycles. The summed E-state index contributed by atoms with van der Waals surface area (Å²) in [6, 6.07) is 5.74. The van der Waals surface area contributed by atoms with E-state index in [9.17, 15) is 0 Å². The van der Waals surface area contributed by atoms with E-state index in [1.54, 1.807) is 17.5 Å². The first-order valence-corrected chi connectivity index (χ1v) is 5.53. The molecular formula is C10H12N4S. The number of nitrogen functional groups attached to an aromatic ring is 1. The van der Waals surface area contributed by atoms with Crippen molar-refractivity contribution in [1.29, 1.82) is 0 Å². The number of aromatic nitrogens is 2. The Balaban J connectivity index is 1.83. The Labute approximate surface area is 92.2 Å². The van der Waals surface area contributed by atoms with Gasteiger partial charge in [-0.25, -0.2) is 0 Å². The predicted molar refractivity (Wildman–Crippen MR) is 61.3 cm³/mol. The van der Waals surface area contributed by atoms with Crippen molar-refractivity contribution >= 4 is 17.0 Å². The second-order valence-corrected chi connectivity index (χ2v) is 4.12. The van der Waals surface area contributed by atoms with E-state index in [2.05, 4.69) is 15.5 Å². The number of nitrogens with zero attached hydrogens (tertiary/aromatic N) is 2. The van der Waals surface area contributed by atoms with Crippen LogP contribution in [0.15, 0.2) is 29.8 Å². The topological polar surface area (TPSA) is 63.8 Å². The summed E-state index contributed by atoms with van der Waals surface area (Å²) in [7, 11) is 0. The van der Waals surface area contributed by atoms with Gasteiger partial charge in [-0.3, -0.25) is 0 Å². The summed E-state index contributed by atoms with van der Waals surface area (Å²) >= 11 is 1.66. The van der Waals surface area contributed by atoms with Crippen LogP contribution in [0.4, 0.5) is 5.69 Å².